The van der Waals surface area contributed by atoms with Gasteiger partial charge in [-0.1, -0.05) is 0 Å². The Morgan fingerprint density at radius 3 is 2.94 bits per heavy atom. The molecule has 0 spiro atoms. The molecule has 0 bridgehead atoms. The van der Waals surface area contributed by atoms with Crippen molar-refractivity contribution in [3.8, 4) is 11.5 Å². The van der Waals surface area contributed by atoms with Crippen molar-refractivity contribution < 1.29 is 4.74 Å². The van der Waals surface area contributed by atoms with Gasteiger partial charge in [-0.05, 0) is 31.3 Å². The fraction of sp³-hybridized carbons (Fsp3) is 0.100. The van der Waals surface area contributed by atoms with E-state index in [-0.39, 0.29) is 16.1 Å². The molecular formula is C10H9N3O2S. The van der Waals surface area contributed by atoms with E-state index in [0.717, 1.165) is 0 Å². The molecule has 2 aromatic rings. The first-order chi connectivity index (χ1) is 7.66. The zero-order valence-corrected chi connectivity index (χ0v) is 9.30. The summed E-state index contributed by atoms with van der Waals surface area (Å²) in [6.45, 7) is 1.80. The van der Waals surface area contributed by atoms with Crippen LogP contribution in [0.3, 0.4) is 0 Å². The number of aryl methyl sites for hydroxylation is 1. The number of hydrogen-bond acceptors (Lipinski definition) is 4. The van der Waals surface area contributed by atoms with Gasteiger partial charge >= 0.3 is 0 Å². The highest BCUT2D eigenvalue weighted by Crippen LogP contribution is 2.19. The van der Waals surface area contributed by atoms with Gasteiger partial charge in [0.15, 0.2) is 4.77 Å². The Hall–Kier alpha value is -1.95. The normalized spacial score (nSPS) is 10.1. The smallest absolute Gasteiger partial charge is 0.294 e. The molecule has 6 heteroatoms. The average Bonchev–Trinajstić information content (AvgIpc) is 2.25. The van der Waals surface area contributed by atoms with Crippen molar-refractivity contribution in [1.29, 1.82) is 0 Å². The van der Waals surface area contributed by atoms with Gasteiger partial charge in [0.05, 0.1) is 11.9 Å². The van der Waals surface area contributed by atoms with Crippen molar-refractivity contribution in [3.63, 3.8) is 0 Å². The number of hydrogen-bond donors (Lipinski definition) is 2. The molecule has 0 aliphatic heterocycles. The third kappa shape index (κ3) is 2.17. The second-order valence-corrected chi connectivity index (χ2v) is 3.53. The predicted octanol–water partition coefficient (Wildman–Crippen LogP) is 1.93. The molecule has 0 aromatic carbocycles. The average molecular weight is 235 g/mol. The molecule has 2 rings (SSSR count). The Morgan fingerprint density at radius 2 is 2.25 bits per heavy atom. The standard InChI is InChI=1S/C10H9N3O2S/c1-6-7(3-2-4-11-6)15-8-5-12-10(16)13-9(8)14/h2-5H,1H3,(H2,12,13,14,16). The molecule has 0 unspecified atom stereocenters. The SMILES string of the molecule is Cc1ncccc1Oc1c[nH]c(=S)[nH]c1=O. The molecule has 82 valence electrons. The van der Waals surface area contributed by atoms with E-state index in [4.69, 9.17) is 17.0 Å². The number of H-pyrrole nitrogens is 2. The van der Waals surface area contributed by atoms with E-state index in [1.54, 1.807) is 25.3 Å². The van der Waals surface area contributed by atoms with Gasteiger partial charge in [0.25, 0.3) is 5.56 Å². The van der Waals surface area contributed by atoms with Gasteiger partial charge in [-0.15, -0.1) is 0 Å². The molecule has 0 saturated carbocycles. The van der Waals surface area contributed by atoms with Crippen LogP contribution in [-0.2, 0) is 0 Å². The molecule has 0 fully saturated rings. The fourth-order valence-corrected chi connectivity index (χ4v) is 1.32. The van der Waals surface area contributed by atoms with E-state index < -0.39 is 0 Å². The summed E-state index contributed by atoms with van der Waals surface area (Å²) in [6.07, 6.45) is 3.08. The summed E-state index contributed by atoms with van der Waals surface area (Å²) in [7, 11) is 0. The van der Waals surface area contributed by atoms with Gasteiger partial charge < -0.3 is 9.72 Å². The molecule has 2 N–H and O–H groups in total. The third-order valence-electron chi connectivity index (χ3n) is 1.96. The van der Waals surface area contributed by atoms with Crippen LogP contribution in [-0.4, -0.2) is 15.0 Å². The second kappa shape index (κ2) is 4.28. The van der Waals surface area contributed by atoms with E-state index >= 15 is 0 Å². The van der Waals surface area contributed by atoms with E-state index in [9.17, 15) is 4.79 Å². The lowest BCUT2D eigenvalue weighted by atomic mass is 10.3. The number of nitrogens with one attached hydrogen (secondary N) is 2. The highest BCUT2D eigenvalue weighted by Gasteiger charge is 2.04. The molecule has 0 saturated heterocycles. The molecule has 0 radical (unpaired) electrons. The summed E-state index contributed by atoms with van der Waals surface area (Å²) in [4.78, 5) is 20.7. The Morgan fingerprint density at radius 1 is 1.44 bits per heavy atom. The molecule has 2 aromatic heterocycles. The molecule has 16 heavy (non-hydrogen) atoms. The first-order valence-electron chi connectivity index (χ1n) is 4.58. The van der Waals surface area contributed by atoms with E-state index in [2.05, 4.69) is 15.0 Å². The molecule has 0 aliphatic rings. The van der Waals surface area contributed by atoms with E-state index in [1.807, 2.05) is 0 Å². The number of aromatic nitrogens is 3. The third-order valence-corrected chi connectivity index (χ3v) is 2.18. The van der Waals surface area contributed by atoms with Crippen LogP contribution in [0.4, 0.5) is 0 Å². The van der Waals surface area contributed by atoms with E-state index in [1.165, 1.54) is 6.20 Å². The summed E-state index contributed by atoms with van der Waals surface area (Å²) in [6, 6.07) is 3.48. The summed E-state index contributed by atoms with van der Waals surface area (Å²) in [5.74, 6) is 0.697. The molecule has 5 nitrogen and oxygen atoms in total. The fourth-order valence-electron chi connectivity index (χ4n) is 1.17. The van der Waals surface area contributed by atoms with E-state index in [0.29, 0.717) is 11.4 Å². The molecule has 0 atom stereocenters. The number of rotatable bonds is 2. The van der Waals surface area contributed by atoms with Crippen molar-refractivity contribution in [2.75, 3.05) is 0 Å². The minimum absolute atomic E-state index is 0.157. The topological polar surface area (TPSA) is 70.8 Å². The van der Waals surface area contributed by atoms with Crippen molar-refractivity contribution >= 4 is 12.2 Å². The van der Waals surface area contributed by atoms with Gasteiger partial charge in [-0.3, -0.25) is 14.8 Å². The van der Waals surface area contributed by atoms with Gasteiger partial charge in [0.2, 0.25) is 5.75 Å². The Kier molecular flexibility index (Phi) is 2.82. The maximum absolute atomic E-state index is 11.5. The van der Waals surface area contributed by atoms with Crippen LogP contribution < -0.4 is 10.3 Å². The van der Waals surface area contributed by atoms with Crippen LogP contribution in [0.15, 0.2) is 29.3 Å². The number of nitrogens with zero attached hydrogens (tertiary/aromatic N) is 1. The molecule has 0 amide bonds. The monoisotopic (exact) mass is 235 g/mol. The lowest BCUT2D eigenvalue weighted by Gasteiger charge is -2.05. The summed E-state index contributed by atoms with van der Waals surface area (Å²) < 4.78 is 5.68. The summed E-state index contributed by atoms with van der Waals surface area (Å²) >= 11 is 4.77. The first-order valence-corrected chi connectivity index (χ1v) is 4.99. The van der Waals surface area contributed by atoms with Crippen molar-refractivity contribution in [3.05, 3.63) is 45.3 Å². The molecule has 0 aliphatic carbocycles. The van der Waals surface area contributed by atoms with Crippen LogP contribution in [0.5, 0.6) is 11.5 Å². The van der Waals surface area contributed by atoms with Crippen LogP contribution >= 0.6 is 12.2 Å². The Bertz CT molecular complexity index is 618. The zero-order chi connectivity index (χ0) is 11.5. The minimum atomic E-state index is -0.369. The maximum atomic E-state index is 11.5. The van der Waals surface area contributed by atoms with Crippen molar-refractivity contribution in [2.45, 2.75) is 6.92 Å². The van der Waals surface area contributed by atoms with Crippen LogP contribution in [0.2, 0.25) is 0 Å². The lowest BCUT2D eigenvalue weighted by molar-refractivity contribution is 0.465. The second-order valence-electron chi connectivity index (χ2n) is 3.13. The largest absolute Gasteiger partial charge is 0.448 e. The first kappa shape index (κ1) is 10.6. The number of aromatic amines is 2. The molecular weight excluding hydrogens is 226 g/mol. The van der Waals surface area contributed by atoms with Gasteiger partial charge in [-0.2, -0.15) is 0 Å². The summed E-state index contributed by atoms with van der Waals surface area (Å²) in [5.41, 5.74) is 0.344. The highest BCUT2D eigenvalue weighted by molar-refractivity contribution is 7.71. The number of pyridine rings is 1. The number of ether oxygens (including phenoxy) is 1. The Balaban J connectivity index is 2.38. The van der Waals surface area contributed by atoms with Gasteiger partial charge in [-0.25, -0.2) is 0 Å². The minimum Gasteiger partial charge on any atom is -0.448 e. The van der Waals surface area contributed by atoms with Crippen molar-refractivity contribution in [2.24, 2.45) is 0 Å². The zero-order valence-electron chi connectivity index (χ0n) is 8.48. The van der Waals surface area contributed by atoms with Crippen LogP contribution in [0.1, 0.15) is 5.69 Å². The van der Waals surface area contributed by atoms with Crippen LogP contribution in [0, 0.1) is 11.7 Å². The quantitative estimate of drug-likeness (QED) is 0.780. The maximum Gasteiger partial charge on any atom is 0.294 e. The highest BCUT2D eigenvalue weighted by atomic mass is 32.1. The van der Waals surface area contributed by atoms with Gasteiger partial charge in [0.1, 0.15) is 5.75 Å². The van der Waals surface area contributed by atoms with Crippen LogP contribution in [0.25, 0.3) is 0 Å². The Labute approximate surface area is 96.1 Å². The van der Waals surface area contributed by atoms with Gasteiger partial charge in [0, 0.05) is 6.20 Å². The van der Waals surface area contributed by atoms with Crippen molar-refractivity contribution in [1.82, 2.24) is 15.0 Å². The molecule has 2 heterocycles. The lowest BCUT2D eigenvalue weighted by Crippen LogP contribution is -2.09. The predicted molar refractivity (Wildman–Crippen MR) is 61.3 cm³/mol. The summed E-state index contributed by atoms with van der Waals surface area (Å²) in [5, 5.41) is 0.